The Morgan fingerprint density at radius 1 is 1.17 bits per heavy atom. The van der Waals surface area contributed by atoms with Gasteiger partial charge in [-0.1, -0.05) is 0 Å². The van der Waals surface area contributed by atoms with E-state index in [2.05, 4.69) is 4.37 Å². The molecule has 4 rings (SSSR count). The summed E-state index contributed by atoms with van der Waals surface area (Å²) in [5.41, 5.74) is 8.88. The van der Waals surface area contributed by atoms with Gasteiger partial charge in [-0.25, -0.2) is 4.98 Å². The fraction of sp³-hybridized carbons (Fsp3) is 0.538. The molecule has 2 aromatic rings. The lowest BCUT2D eigenvalue weighted by Gasteiger charge is -2.11. The van der Waals surface area contributed by atoms with Gasteiger partial charge in [0.1, 0.15) is 10.8 Å². The van der Waals surface area contributed by atoms with Crippen LogP contribution in [0, 0.1) is 0 Å². The van der Waals surface area contributed by atoms with Crippen LogP contribution >= 0.6 is 22.9 Å². The van der Waals surface area contributed by atoms with Crippen LogP contribution in [0.4, 0.5) is 5.00 Å². The number of hydrogen-bond acceptors (Lipinski definition) is 5. The maximum Gasteiger partial charge on any atom is 0.147 e. The van der Waals surface area contributed by atoms with Crippen molar-refractivity contribution in [3.8, 4) is 10.6 Å². The number of rotatable bonds is 2. The lowest BCUT2D eigenvalue weighted by molar-refractivity contribution is 0.698. The molecule has 3 nitrogen and oxygen atoms in total. The number of aryl methyl sites for hydroxylation is 1. The minimum absolute atomic E-state index is 0.630. The van der Waals surface area contributed by atoms with Crippen molar-refractivity contribution in [3.63, 3.8) is 0 Å². The summed E-state index contributed by atoms with van der Waals surface area (Å²) in [6.07, 6.45) is 7.45. The van der Waals surface area contributed by atoms with Crippen LogP contribution in [0.3, 0.4) is 0 Å². The predicted octanol–water partition coefficient (Wildman–Crippen LogP) is 3.61. The minimum atomic E-state index is 0.630. The van der Waals surface area contributed by atoms with Crippen LogP contribution in [0.1, 0.15) is 47.9 Å². The first-order valence-electron chi connectivity index (χ1n) is 6.57. The Hall–Kier alpha value is -0.940. The molecule has 0 amide bonds. The maximum absolute atomic E-state index is 6.21. The maximum atomic E-state index is 6.21. The molecule has 2 aliphatic rings. The molecule has 1 fully saturated rings. The van der Waals surface area contributed by atoms with Crippen molar-refractivity contribution in [2.75, 3.05) is 5.73 Å². The molecule has 18 heavy (non-hydrogen) atoms. The largest absolute Gasteiger partial charge is 0.390 e. The summed E-state index contributed by atoms with van der Waals surface area (Å²) in [6, 6.07) is 0. The number of thiophene rings is 1. The van der Waals surface area contributed by atoms with Crippen LogP contribution in [0.2, 0.25) is 0 Å². The molecule has 1 saturated carbocycles. The molecule has 0 atom stereocenters. The van der Waals surface area contributed by atoms with Gasteiger partial charge in [0, 0.05) is 16.4 Å². The van der Waals surface area contributed by atoms with Crippen LogP contribution < -0.4 is 5.73 Å². The molecule has 2 aliphatic carbocycles. The van der Waals surface area contributed by atoms with Crippen molar-refractivity contribution in [1.29, 1.82) is 0 Å². The van der Waals surface area contributed by atoms with Gasteiger partial charge in [0.05, 0.1) is 5.00 Å². The van der Waals surface area contributed by atoms with Crippen molar-refractivity contribution in [2.45, 2.75) is 44.4 Å². The zero-order chi connectivity index (χ0) is 12.1. The van der Waals surface area contributed by atoms with Gasteiger partial charge in [-0.15, -0.1) is 11.3 Å². The van der Waals surface area contributed by atoms with Gasteiger partial charge in [-0.05, 0) is 55.6 Å². The molecule has 2 heterocycles. The second kappa shape index (κ2) is 4.03. The van der Waals surface area contributed by atoms with Gasteiger partial charge in [0.2, 0.25) is 0 Å². The molecule has 5 heteroatoms. The Morgan fingerprint density at radius 2 is 2.00 bits per heavy atom. The summed E-state index contributed by atoms with van der Waals surface area (Å²) in [5, 5.41) is 1.99. The number of nitrogens with zero attached hydrogens (tertiary/aromatic N) is 2. The minimum Gasteiger partial charge on any atom is -0.390 e. The summed E-state index contributed by atoms with van der Waals surface area (Å²) in [6.45, 7) is 0. The highest BCUT2D eigenvalue weighted by atomic mass is 32.1. The van der Waals surface area contributed by atoms with Gasteiger partial charge in [0.15, 0.2) is 0 Å². The van der Waals surface area contributed by atoms with Crippen molar-refractivity contribution in [1.82, 2.24) is 9.36 Å². The van der Waals surface area contributed by atoms with Crippen LogP contribution in [-0.4, -0.2) is 9.36 Å². The number of nitrogen functional groups attached to an aromatic ring is 1. The zero-order valence-corrected chi connectivity index (χ0v) is 11.7. The first-order chi connectivity index (χ1) is 8.83. The molecule has 2 aromatic heterocycles. The molecular formula is C13H15N3S2. The SMILES string of the molecule is Nc1sc2c(c1-c1nc(C3CC3)ns1)CCCC2. The second-order valence-corrected chi connectivity index (χ2v) is 7.07. The Morgan fingerprint density at radius 3 is 2.83 bits per heavy atom. The van der Waals surface area contributed by atoms with Gasteiger partial charge < -0.3 is 5.73 Å². The summed E-state index contributed by atoms with van der Waals surface area (Å²) in [4.78, 5) is 6.20. The molecule has 0 spiro atoms. The smallest absolute Gasteiger partial charge is 0.147 e. The molecule has 0 bridgehead atoms. The molecule has 0 aromatic carbocycles. The first kappa shape index (κ1) is 10.9. The van der Waals surface area contributed by atoms with Crippen LogP contribution in [-0.2, 0) is 12.8 Å². The van der Waals surface area contributed by atoms with E-state index in [4.69, 9.17) is 10.7 Å². The second-order valence-electron chi connectivity index (χ2n) is 5.18. The fourth-order valence-corrected chi connectivity index (χ4v) is 4.72. The van der Waals surface area contributed by atoms with Crippen LogP contribution in [0.15, 0.2) is 0 Å². The van der Waals surface area contributed by atoms with Gasteiger partial charge >= 0.3 is 0 Å². The highest BCUT2D eigenvalue weighted by Crippen LogP contribution is 2.45. The van der Waals surface area contributed by atoms with Crippen LogP contribution in [0.5, 0.6) is 0 Å². The van der Waals surface area contributed by atoms with E-state index < -0.39 is 0 Å². The third-order valence-electron chi connectivity index (χ3n) is 3.80. The first-order valence-corrected chi connectivity index (χ1v) is 8.16. The van der Waals surface area contributed by atoms with E-state index in [-0.39, 0.29) is 0 Å². The summed E-state index contributed by atoms with van der Waals surface area (Å²) >= 11 is 3.29. The molecule has 0 saturated heterocycles. The number of fused-ring (bicyclic) bond motifs is 1. The van der Waals surface area contributed by atoms with Crippen molar-refractivity contribution >= 4 is 27.9 Å². The highest BCUT2D eigenvalue weighted by molar-refractivity contribution is 7.17. The fourth-order valence-electron chi connectivity index (χ4n) is 2.67. The number of anilines is 1. The number of nitrogens with two attached hydrogens (primary N) is 1. The highest BCUT2D eigenvalue weighted by Gasteiger charge is 2.29. The van der Waals surface area contributed by atoms with E-state index in [1.807, 2.05) is 0 Å². The third-order valence-corrected chi connectivity index (χ3v) is 5.66. The number of aromatic nitrogens is 2. The Kier molecular flexibility index (Phi) is 2.45. The topological polar surface area (TPSA) is 51.8 Å². The Balaban J connectivity index is 1.80. The Bertz CT molecular complexity index is 595. The quantitative estimate of drug-likeness (QED) is 0.912. The van der Waals surface area contributed by atoms with E-state index in [1.165, 1.54) is 59.6 Å². The van der Waals surface area contributed by atoms with Crippen molar-refractivity contribution < 1.29 is 0 Å². The summed E-state index contributed by atoms with van der Waals surface area (Å²) in [7, 11) is 0. The van der Waals surface area contributed by atoms with Crippen molar-refractivity contribution in [3.05, 3.63) is 16.3 Å². The molecular weight excluding hydrogens is 262 g/mol. The standard InChI is InChI=1S/C13H15N3S2/c14-11-10(8-3-1-2-4-9(8)17-11)13-15-12(16-18-13)7-5-6-7/h7H,1-6,14H2. The summed E-state index contributed by atoms with van der Waals surface area (Å²) < 4.78 is 4.50. The molecule has 2 N–H and O–H groups in total. The third kappa shape index (κ3) is 1.68. The van der Waals surface area contributed by atoms with Crippen LogP contribution in [0.25, 0.3) is 10.6 Å². The number of hydrogen-bond donors (Lipinski definition) is 1. The van der Waals surface area contributed by atoms with Crippen molar-refractivity contribution in [2.24, 2.45) is 0 Å². The molecule has 0 unspecified atom stereocenters. The van der Waals surface area contributed by atoms with Gasteiger partial charge in [-0.2, -0.15) is 4.37 Å². The lowest BCUT2D eigenvalue weighted by Crippen LogP contribution is -1.99. The van der Waals surface area contributed by atoms with E-state index in [0.717, 1.165) is 22.3 Å². The van der Waals surface area contributed by atoms with E-state index in [9.17, 15) is 0 Å². The molecule has 0 aliphatic heterocycles. The predicted molar refractivity (Wildman–Crippen MR) is 76.3 cm³/mol. The summed E-state index contributed by atoms with van der Waals surface area (Å²) in [5.74, 6) is 1.68. The Labute approximate surface area is 114 Å². The molecule has 0 radical (unpaired) electrons. The average Bonchev–Trinajstić information content (AvgIpc) is 3.01. The van der Waals surface area contributed by atoms with E-state index in [1.54, 1.807) is 11.3 Å². The molecule has 94 valence electrons. The average molecular weight is 277 g/mol. The monoisotopic (exact) mass is 277 g/mol. The zero-order valence-electron chi connectivity index (χ0n) is 10.1. The van der Waals surface area contributed by atoms with Gasteiger partial charge in [-0.3, -0.25) is 0 Å². The normalized spacial score (nSPS) is 18.9. The lowest BCUT2D eigenvalue weighted by atomic mass is 9.96. The van der Waals surface area contributed by atoms with E-state index >= 15 is 0 Å². The van der Waals surface area contributed by atoms with Gasteiger partial charge in [0.25, 0.3) is 0 Å². The van der Waals surface area contributed by atoms with E-state index in [0.29, 0.717) is 5.92 Å².